The predicted octanol–water partition coefficient (Wildman–Crippen LogP) is 1.62. The van der Waals surface area contributed by atoms with Crippen LogP contribution in [0.3, 0.4) is 0 Å². The van der Waals surface area contributed by atoms with Gasteiger partial charge in [-0.15, -0.1) is 0 Å². The number of hydrogen-bond donors (Lipinski definition) is 1. The van der Waals surface area contributed by atoms with Crippen LogP contribution in [0.2, 0.25) is 0 Å². The lowest BCUT2D eigenvalue weighted by Gasteiger charge is -2.07. The lowest BCUT2D eigenvalue weighted by Crippen LogP contribution is -2.29. The summed E-state index contributed by atoms with van der Waals surface area (Å²) in [6, 6.07) is 1.77. The molecule has 2 aromatic heterocycles. The Labute approximate surface area is 95.5 Å². The Kier molecular flexibility index (Phi) is 3.01. The first-order valence-corrected chi connectivity index (χ1v) is 5.00. The van der Waals surface area contributed by atoms with Crippen LogP contribution in [0, 0.1) is 0 Å². The largest absolute Gasteiger partial charge is 0.401 e. The second-order valence-corrected chi connectivity index (χ2v) is 3.67. The second-order valence-electron chi connectivity index (χ2n) is 3.67. The summed E-state index contributed by atoms with van der Waals surface area (Å²) in [7, 11) is 1.76. The highest BCUT2D eigenvalue weighted by molar-refractivity contribution is 5.74. The van der Waals surface area contributed by atoms with E-state index in [1.807, 2.05) is 0 Å². The van der Waals surface area contributed by atoms with Crippen molar-refractivity contribution >= 4 is 11.0 Å². The lowest BCUT2D eigenvalue weighted by atomic mass is 10.4. The van der Waals surface area contributed by atoms with E-state index in [0.29, 0.717) is 11.3 Å². The van der Waals surface area contributed by atoms with Crippen LogP contribution in [0.4, 0.5) is 13.2 Å². The number of imidazole rings is 1. The Morgan fingerprint density at radius 1 is 1.41 bits per heavy atom. The summed E-state index contributed by atoms with van der Waals surface area (Å²) in [6.07, 6.45) is -0.994. The Hall–Kier alpha value is -1.63. The summed E-state index contributed by atoms with van der Waals surface area (Å²) in [5.74, 6) is 0.553. The van der Waals surface area contributed by atoms with Crippen molar-refractivity contribution in [3.8, 4) is 0 Å². The Morgan fingerprint density at radius 3 is 2.82 bits per heavy atom. The molecule has 0 radical (unpaired) electrons. The standard InChI is InChI=1S/C10H11F3N4/c1-17-8-2-3-14-4-7(8)16-9(17)5-15-6-10(11,12)13/h2-4,15H,5-6H2,1H3. The first-order valence-electron chi connectivity index (χ1n) is 5.00. The van der Waals surface area contributed by atoms with Gasteiger partial charge in [-0.1, -0.05) is 0 Å². The minimum Gasteiger partial charge on any atom is -0.330 e. The summed E-state index contributed by atoms with van der Waals surface area (Å²) in [6.45, 7) is -0.945. The molecule has 0 aliphatic rings. The molecule has 2 heterocycles. The molecule has 92 valence electrons. The van der Waals surface area contributed by atoms with E-state index >= 15 is 0 Å². The first-order chi connectivity index (χ1) is 7.97. The monoisotopic (exact) mass is 244 g/mol. The molecule has 0 aliphatic heterocycles. The van der Waals surface area contributed by atoms with Crippen LogP contribution < -0.4 is 5.32 Å². The molecule has 0 bridgehead atoms. The maximum atomic E-state index is 12.0. The number of pyridine rings is 1. The normalized spacial score (nSPS) is 12.2. The van der Waals surface area contributed by atoms with Gasteiger partial charge in [0.25, 0.3) is 0 Å². The molecule has 0 spiro atoms. The zero-order valence-corrected chi connectivity index (χ0v) is 9.12. The summed E-state index contributed by atoms with van der Waals surface area (Å²) in [4.78, 5) is 8.11. The van der Waals surface area contributed by atoms with Crippen molar-refractivity contribution < 1.29 is 13.2 Å². The van der Waals surface area contributed by atoms with Crippen LogP contribution in [0.15, 0.2) is 18.5 Å². The Morgan fingerprint density at radius 2 is 2.18 bits per heavy atom. The van der Waals surface area contributed by atoms with Crippen LogP contribution in [-0.4, -0.2) is 27.3 Å². The molecule has 7 heteroatoms. The third-order valence-electron chi connectivity index (χ3n) is 2.38. The van der Waals surface area contributed by atoms with Gasteiger partial charge in [-0.3, -0.25) is 4.98 Å². The number of aromatic nitrogens is 3. The average molecular weight is 244 g/mol. The van der Waals surface area contributed by atoms with Crippen LogP contribution in [0.25, 0.3) is 11.0 Å². The number of halogens is 3. The van der Waals surface area contributed by atoms with Crippen molar-refractivity contribution in [3.63, 3.8) is 0 Å². The Balaban J connectivity index is 2.11. The van der Waals surface area contributed by atoms with E-state index in [-0.39, 0.29) is 6.54 Å². The molecular weight excluding hydrogens is 233 g/mol. The van der Waals surface area contributed by atoms with Gasteiger partial charge in [0, 0.05) is 13.2 Å². The van der Waals surface area contributed by atoms with Crippen molar-refractivity contribution in [1.82, 2.24) is 19.9 Å². The minimum atomic E-state index is -4.20. The molecular formula is C10H11F3N4. The molecule has 1 N–H and O–H groups in total. The van der Waals surface area contributed by atoms with Crippen molar-refractivity contribution in [2.75, 3.05) is 6.54 Å². The highest BCUT2D eigenvalue weighted by atomic mass is 19.4. The van der Waals surface area contributed by atoms with Gasteiger partial charge in [-0.05, 0) is 6.07 Å². The molecule has 0 fully saturated rings. The van der Waals surface area contributed by atoms with Crippen molar-refractivity contribution in [1.29, 1.82) is 0 Å². The van der Waals surface area contributed by atoms with Gasteiger partial charge in [0.2, 0.25) is 0 Å². The van der Waals surface area contributed by atoms with Gasteiger partial charge in [0.1, 0.15) is 11.3 Å². The molecule has 0 aromatic carbocycles. The summed E-state index contributed by atoms with van der Waals surface area (Å²) < 4.78 is 37.6. The fraction of sp³-hybridized carbons (Fsp3) is 0.400. The zero-order valence-electron chi connectivity index (χ0n) is 9.12. The zero-order chi connectivity index (χ0) is 12.5. The maximum Gasteiger partial charge on any atom is 0.401 e. The third-order valence-corrected chi connectivity index (χ3v) is 2.38. The molecule has 0 atom stereocenters. The van der Waals surface area contributed by atoms with Gasteiger partial charge in [0.05, 0.1) is 24.8 Å². The quantitative estimate of drug-likeness (QED) is 0.892. The summed E-state index contributed by atoms with van der Waals surface area (Å²) in [5.41, 5.74) is 1.53. The van der Waals surface area contributed by atoms with Crippen molar-refractivity contribution in [2.24, 2.45) is 7.05 Å². The van der Waals surface area contributed by atoms with Crippen LogP contribution in [-0.2, 0) is 13.6 Å². The topological polar surface area (TPSA) is 42.7 Å². The number of alkyl halides is 3. The number of hydrogen-bond acceptors (Lipinski definition) is 3. The molecule has 0 unspecified atom stereocenters. The number of fused-ring (bicyclic) bond motifs is 1. The van der Waals surface area contributed by atoms with Crippen molar-refractivity contribution in [2.45, 2.75) is 12.7 Å². The fourth-order valence-corrected chi connectivity index (χ4v) is 1.58. The van der Waals surface area contributed by atoms with Gasteiger partial charge in [-0.25, -0.2) is 4.98 Å². The van der Waals surface area contributed by atoms with Gasteiger partial charge in [0.15, 0.2) is 0 Å². The predicted molar refractivity (Wildman–Crippen MR) is 56.3 cm³/mol. The molecule has 0 amide bonds. The average Bonchev–Trinajstić information content (AvgIpc) is 2.55. The van der Waals surface area contributed by atoms with E-state index in [0.717, 1.165) is 5.52 Å². The SMILES string of the molecule is Cn1c(CNCC(F)(F)F)nc2cnccc21. The minimum absolute atomic E-state index is 0.0741. The highest BCUT2D eigenvalue weighted by Gasteiger charge is 2.26. The molecule has 4 nitrogen and oxygen atoms in total. The Bertz CT molecular complexity index is 518. The molecule has 2 aromatic rings. The van der Waals surface area contributed by atoms with Crippen LogP contribution in [0.5, 0.6) is 0 Å². The maximum absolute atomic E-state index is 12.0. The number of nitrogens with one attached hydrogen (secondary N) is 1. The molecule has 0 saturated carbocycles. The smallest absolute Gasteiger partial charge is 0.330 e. The fourth-order valence-electron chi connectivity index (χ4n) is 1.58. The number of rotatable bonds is 3. The molecule has 17 heavy (non-hydrogen) atoms. The van der Waals surface area contributed by atoms with E-state index < -0.39 is 12.7 Å². The van der Waals surface area contributed by atoms with Gasteiger partial charge < -0.3 is 9.88 Å². The second kappa shape index (κ2) is 4.33. The van der Waals surface area contributed by atoms with Crippen LogP contribution in [0.1, 0.15) is 5.82 Å². The molecule has 0 saturated heterocycles. The molecule has 2 rings (SSSR count). The van der Waals surface area contributed by atoms with E-state index in [9.17, 15) is 13.2 Å². The summed E-state index contributed by atoms with van der Waals surface area (Å²) >= 11 is 0. The third kappa shape index (κ3) is 2.73. The van der Waals surface area contributed by atoms with Gasteiger partial charge in [-0.2, -0.15) is 13.2 Å². The number of nitrogens with zero attached hydrogens (tertiary/aromatic N) is 3. The van der Waals surface area contributed by atoms with E-state index in [1.54, 1.807) is 30.1 Å². The van der Waals surface area contributed by atoms with Gasteiger partial charge >= 0.3 is 6.18 Å². The van der Waals surface area contributed by atoms with Crippen LogP contribution >= 0.6 is 0 Å². The lowest BCUT2D eigenvalue weighted by molar-refractivity contribution is -0.125. The molecule has 0 aliphatic carbocycles. The number of aryl methyl sites for hydroxylation is 1. The first kappa shape index (κ1) is 11.8. The highest BCUT2D eigenvalue weighted by Crippen LogP contribution is 2.14. The van der Waals surface area contributed by atoms with E-state index in [4.69, 9.17) is 0 Å². The van der Waals surface area contributed by atoms with E-state index in [1.165, 1.54) is 0 Å². The van der Waals surface area contributed by atoms with Crippen molar-refractivity contribution in [3.05, 3.63) is 24.3 Å². The summed E-state index contributed by atoms with van der Waals surface area (Å²) in [5, 5.41) is 2.31. The van der Waals surface area contributed by atoms with E-state index in [2.05, 4.69) is 15.3 Å².